The fraction of sp³-hybridized carbons (Fsp3) is 0.105. The summed E-state index contributed by atoms with van der Waals surface area (Å²) in [6.45, 7) is 1.49. The monoisotopic (exact) mass is 304 g/mol. The van der Waals surface area contributed by atoms with E-state index in [-0.39, 0.29) is 18.0 Å². The van der Waals surface area contributed by atoms with E-state index in [2.05, 4.69) is 9.97 Å². The van der Waals surface area contributed by atoms with Gasteiger partial charge >= 0.3 is 0 Å². The standard InChI is InChI=1S/C19H16N2O2/c1-13(22)18-19(15-10-6-3-7-11-15)21-17(20-18)12-16(23)14-8-4-2-5-9-14/h2-11H,12H2,1H3,(H,20,21). The van der Waals surface area contributed by atoms with Crippen molar-refractivity contribution >= 4 is 11.6 Å². The Bertz CT molecular complexity index is 836. The Hall–Kier alpha value is -3.01. The molecule has 0 aliphatic heterocycles. The molecule has 0 radical (unpaired) electrons. The summed E-state index contributed by atoms with van der Waals surface area (Å²) in [4.78, 5) is 31.6. The highest BCUT2D eigenvalue weighted by Crippen LogP contribution is 2.22. The van der Waals surface area contributed by atoms with Gasteiger partial charge in [-0.2, -0.15) is 0 Å². The van der Waals surface area contributed by atoms with E-state index in [9.17, 15) is 9.59 Å². The molecule has 4 heteroatoms. The number of nitrogens with one attached hydrogen (secondary N) is 1. The van der Waals surface area contributed by atoms with Gasteiger partial charge in [-0.1, -0.05) is 60.7 Å². The van der Waals surface area contributed by atoms with E-state index in [1.54, 1.807) is 12.1 Å². The van der Waals surface area contributed by atoms with Crippen LogP contribution < -0.4 is 0 Å². The van der Waals surface area contributed by atoms with Gasteiger partial charge in [0, 0.05) is 18.1 Å². The molecule has 0 bridgehead atoms. The maximum absolute atomic E-state index is 12.3. The van der Waals surface area contributed by atoms with Crippen molar-refractivity contribution in [3.8, 4) is 11.3 Å². The van der Waals surface area contributed by atoms with Crippen molar-refractivity contribution in [2.45, 2.75) is 13.3 Å². The van der Waals surface area contributed by atoms with Crippen LogP contribution in [0.4, 0.5) is 0 Å². The first-order valence-corrected chi connectivity index (χ1v) is 7.38. The molecular weight excluding hydrogens is 288 g/mol. The highest BCUT2D eigenvalue weighted by atomic mass is 16.1. The predicted octanol–water partition coefficient (Wildman–Crippen LogP) is 3.70. The van der Waals surface area contributed by atoms with E-state index in [0.29, 0.717) is 22.8 Å². The third kappa shape index (κ3) is 3.26. The first kappa shape index (κ1) is 14.9. The predicted molar refractivity (Wildman–Crippen MR) is 88.5 cm³/mol. The van der Waals surface area contributed by atoms with Gasteiger partial charge in [0.2, 0.25) is 0 Å². The van der Waals surface area contributed by atoms with Gasteiger partial charge in [0.15, 0.2) is 11.6 Å². The molecule has 1 heterocycles. The van der Waals surface area contributed by atoms with Crippen LogP contribution in [-0.4, -0.2) is 21.5 Å². The summed E-state index contributed by atoms with van der Waals surface area (Å²) in [5.74, 6) is 0.367. The number of aromatic amines is 1. The maximum Gasteiger partial charge on any atom is 0.178 e. The summed E-state index contributed by atoms with van der Waals surface area (Å²) >= 11 is 0. The van der Waals surface area contributed by atoms with Crippen LogP contribution in [0.1, 0.15) is 33.6 Å². The smallest absolute Gasteiger partial charge is 0.178 e. The lowest BCUT2D eigenvalue weighted by molar-refractivity contribution is 0.0984. The minimum absolute atomic E-state index is 0.0333. The van der Waals surface area contributed by atoms with Crippen LogP contribution in [-0.2, 0) is 6.42 Å². The third-order valence-corrected chi connectivity index (χ3v) is 3.58. The number of benzene rings is 2. The van der Waals surface area contributed by atoms with Crippen molar-refractivity contribution in [1.29, 1.82) is 0 Å². The number of nitrogens with zero attached hydrogens (tertiary/aromatic N) is 1. The molecule has 0 saturated heterocycles. The fourth-order valence-corrected chi connectivity index (χ4v) is 2.44. The van der Waals surface area contributed by atoms with Gasteiger partial charge in [0.05, 0.1) is 12.1 Å². The first-order valence-electron chi connectivity index (χ1n) is 7.38. The lowest BCUT2D eigenvalue weighted by atomic mass is 10.1. The van der Waals surface area contributed by atoms with E-state index in [1.807, 2.05) is 48.5 Å². The molecule has 0 unspecified atom stereocenters. The summed E-state index contributed by atoms with van der Waals surface area (Å²) in [5, 5.41) is 0. The number of carbonyl (C=O) groups is 2. The second kappa shape index (κ2) is 6.40. The number of aromatic nitrogens is 2. The minimum Gasteiger partial charge on any atom is -0.339 e. The zero-order chi connectivity index (χ0) is 16.2. The molecular formula is C19H16N2O2. The zero-order valence-corrected chi connectivity index (χ0v) is 12.7. The lowest BCUT2D eigenvalue weighted by Gasteiger charge is -1.98. The van der Waals surface area contributed by atoms with Gasteiger partial charge < -0.3 is 4.98 Å². The highest BCUT2D eigenvalue weighted by molar-refractivity contribution is 5.99. The highest BCUT2D eigenvalue weighted by Gasteiger charge is 2.17. The average molecular weight is 304 g/mol. The van der Waals surface area contributed by atoms with Crippen molar-refractivity contribution in [3.63, 3.8) is 0 Å². The van der Waals surface area contributed by atoms with Crippen molar-refractivity contribution in [2.24, 2.45) is 0 Å². The number of rotatable bonds is 5. The number of hydrogen-bond acceptors (Lipinski definition) is 3. The summed E-state index contributed by atoms with van der Waals surface area (Å²) in [7, 11) is 0. The summed E-state index contributed by atoms with van der Waals surface area (Å²) in [5.41, 5.74) is 2.52. The quantitative estimate of drug-likeness (QED) is 0.731. The van der Waals surface area contributed by atoms with Crippen LogP contribution in [0.25, 0.3) is 11.3 Å². The first-order chi connectivity index (χ1) is 11.1. The SMILES string of the molecule is CC(=O)c1[nH]c(CC(=O)c2ccccc2)nc1-c1ccccc1. The topological polar surface area (TPSA) is 62.8 Å². The van der Waals surface area contributed by atoms with E-state index < -0.39 is 0 Å². The number of ketones is 2. The molecule has 1 N–H and O–H groups in total. The van der Waals surface area contributed by atoms with E-state index in [1.165, 1.54) is 6.92 Å². The Morgan fingerprint density at radius 3 is 2.17 bits per heavy atom. The molecule has 4 nitrogen and oxygen atoms in total. The molecule has 0 spiro atoms. The van der Waals surface area contributed by atoms with E-state index >= 15 is 0 Å². The van der Waals surface area contributed by atoms with Gasteiger partial charge in [-0.05, 0) is 0 Å². The van der Waals surface area contributed by atoms with Crippen molar-refractivity contribution in [2.75, 3.05) is 0 Å². The lowest BCUT2D eigenvalue weighted by Crippen LogP contribution is -2.05. The second-order valence-corrected chi connectivity index (χ2v) is 5.30. The molecule has 0 aliphatic carbocycles. The Morgan fingerprint density at radius 1 is 0.957 bits per heavy atom. The number of Topliss-reactive ketones (excluding diaryl/α,β-unsaturated/α-hetero) is 2. The van der Waals surface area contributed by atoms with Gasteiger partial charge in [-0.15, -0.1) is 0 Å². The van der Waals surface area contributed by atoms with E-state index in [4.69, 9.17) is 0 Å². The summed E-state index contributed by atoms with van der Waals surface area (Å²) < 4.78 is 0. The molecule has 2 aromatic carbocycles. The largest absolute Gasteiger partial charge is 0.339 e. The van der Waals surface area contributed by atoms with E-state index in [0.717, 1.165) is 5.56 Å². The van der Waals surface area contributed by atoms with Gasteiger partial charge in [0.1, 0.15) is 11.5 Å². The molecule has 0 fully saturated rings. The van der Waals surface area contributed by atoms with Crippen LogP contribution in [0.3, 0.4) is 0 Å². The molecule has 1 aromatic heterocycles. The molecule has 3 aromatic rings. The van der Waals surface area contributed by atoms with Crippen LogP contribution in [0.15, 0.2) is 60.7 Å². The second-order valence-electron chi connectivity index (χ2n) is 5.30. The van der Waals surface area contributed by atoms with Crippen molar-refractivity contribution in [1.82, 2.24) is 9.97 Å². The molecule has 0 aliphatic rings. The minimum atomic E-state index is -0.102. The molecule has 3 rings (SSSR count). The zero-order valence-electron chi connectivity index (χ0n) is 12.7. The van der Waals surface area contributed by atoms with Crippen LogP contribution in [0.2, 0.25) is 0 Å². The third-order valence-electron chi connectivity index (χ3n) is 3.58. The maximum atomic E-state index is 12.3. The number of imidazole rings is 1. The molecule has 0 saturated carbocycles. The molecule has 23 heavy (non-hydrogen) atoms. The molecule has 114 valence electrons. The Labute approximate surface area is 134 Å². The van der Waals surface area contributed by atoms with Crippen LogP contribution >= 0.6 is 0 Å². The number of H-pyrrole nitrogens is 1. The Morgan fingerprint density at radius 2 is 1.57 bits per heavy atom. The average Bonchev–Trinajstić information content (AvgIpc) is 3.00. The van der Waals surface area contributed by atoms with Gasteiger partial charge in [-0.25, -0.2) is 4.98 Å². The normalized spacial score (nSPS) is 10.5. The van der Waals surface area contributed by atoms with Gasteiger partial charge in [-0.3, -0.25) is 9.59 Å². The van der Waals surface area contributed by atoms with Crippen molar-refractivity contribution < 1.29 is 9.59 Å². The summed E-state index contributed by atoms with van der Waals surface area (Å²) in [6.07, 6.45) is 0.136. The van der Waals surface area contributed by atoms with Gasteiger partial charge in [0.25, 0.3) is 0 Å². The van der Waals surface area contributed by atoms with Crippen LogP contribution in [0.5, 0.6) is 0 Å². The fourth-order valence-electron chi connectivity index (χ4n) is 2.44. The number of carbonyl (C=O) groups excluding carboxylic acids is 2. The summed E-state index contributed by atoms with van der Waals surface area (Å²) in [6, 6.07) is 18.5. The van der Waals surface area contributed by atoms with Crippen molar-refractivity contribution in [3.05, 3.63) is 77.7 Å². The Balaban J connectivity index is 1.93. The molecule has 0 atom stereocenters. The van der Waals surface area contributed by atoms with Crippen LogP contribution in [0, 0.1) is 0 Å². The molecule has 0 amide bonds. The number of hydrogen-bond donors (Lipinski definition) is 1. The Kier molecular flexibility index (Phi) is 4.15.